The van der Waals surface area contributed by atoms with E-state index >= 15 is 0 Å². The van der Waals surface area contributed by atoms with E-state index in [1.165, 1.54) is 12.8 Å². The lowest BCUT2D eigenvalue weighted by molar-refractivity contribution is 0.194. The summed E-state index contributed by atoms with van der Waals surface area (Å²) < 4.78 is 7.00. The first-order valence-electron chi connectivity index (χ1n) is 8.40. The molecule has 6 heteroatoms. The van der Waals surface area contributed by atoms with Gasteiger partial charge in [-0.1, -0.05) is 5.16 Å². The van der Waals surface area contributed by atoms with E-state index < -0.39 is 0 Å². The van der Waals surface area contributed by atoms with E-state index in [-0.39, 0.29) is 5.56 Å². The molecule has 1 atom stereocenters. The Hall–Kier alpha value is -1.95. The number of piperidine rings is 1. The molecule has 2 aromatic rings. The van der Waals surface area contributed by atoms with Crippen molar-refractivity contribution in [3.05, 3.63) is 46.0 Å². The smallest absolute Gasteiger partial charge is 0.250 e. The monoisotopic (exact) mass is 314 g/mol. The zero-order valence-corrected chi connectivity index (χ0v) is 13.4. The minimum atomic E-state index is 0.0447. The molecule has 3 heterocycles. The summed E-state index contributed by atoms with van der Waals surface area (Å²) in [5, 5.41) is 4.20. The van der Waals surface area contributed by atoms with Crippen LogP contribution in [-0.2, 0) is 13.6 Å². The van der Waals surface area contributed by atoms with E-state index in [0.29, 0.717) is 11.8 Å². The quantitative estimate of drug-likeness (QED) is 0.864. The first-order chi connectivity index (χ1) is 11.2. The maximum absolute atomic E-state index is 11.8. The van der Waals surface area contributed by atoms with Gasteiger partial charge in [0.15, 0.2) is 5.82 Å². The van der Waals surface area contributed by atoms with Gasteiger partial charge in [-0.05, 0) is 43.9 Å². The molecule has 122 valence electrons. The van der Waals surface area contributed by atoms with Crippen molar-refractivity contribution in [2.75, 3.05) is 13.1 Å². The minimum absolute atomic E-state index is 0.0447. The van der Waals surface area contributed by atoms with Crippen molar-refractivity contribution in [1.29, 1.82) is 0 Å². The second-order valence-corrected chi connectivity index (χ2v) is 6.82. The maximum Gasteiger partial charge on any atom is 0.250 e. The van der Waals surface area contributed by atoms with Crippen LogP contribution in [-0.4, -0.2) is 32.7 Å². The third-order valence-corrected chi connectivity index (χ3v) is 4.83. The van der Waals surface area contributed by atoms with Gasteiger partial charge in [0.05, 0.1) is 0 Å². The second kappa shape index (κ2) is 5.92. The minimum Gasteiger partial charge on any atom is -0.339 e. The zero-order valence-electron chi connectivity index (χ0n) is 13.4. The number of aryl methyl sites for hydroxylation is 1. The van der Waals surface area contributed by atoms with Crippen molar-refractivity contribution >= 4 is 0 Å². The summed E-state index contributed by atoms with van der Waals surface area (Å²) in [7, 11) is 1.77. The lowest BCUT2D eigenvalue weighted by Crippen LogP contribution is -2.34. The summed E-state index contributed by atoms with van der Waals surface area (Å²) in [6, 6.07) is 3.74. The van der Waals surface area contributed by atoms with Crippen LogP contribution in [0, 0.1) is 0 Å². The van der Waals surface area contributed by atoms with Gasteiger partial charge < -0.3 is 9.09 Å². The van der Waals surface area contributed by atoms with Crippen LogP contribution in [0.3, 0.4) is 0 Å². The largest absolute Gasteiger partial charge is 0.339 e. The summed E-state index contributed by atoms with van der Waals surface area (Å²) in [6.07, 6.45) is 6.43. The molecule has 23 heavy (non-hydrogen) atoms. The molecule has 1 saturated carbocycles. The Kier molecular flexibility index (Phi) is 3.77. The van der Waals surface area contributed by atoms with Crippen molar-refractivity contribution in [3.8, 4) is 0 Å². The maximum atomic E-state index is 11.8. The average Bonchev–Trinajstić information content (AvgIpc) is 3.28. The van der Waals surface area contributed by atoms with Gasteiger partial charge in [0.2, 0.25) is 5.89 Å². The molecule has 0 spiro atoms. The lowest BCUT2D eigenvalue weighted by Gasteiger charge is -2.31. The van der Waals surface area contributed by atoms with E-state index in [1.807, 2.05) is 12.3 Å². The van der Waals surface area contributed by atoms with Crippen LogP contribution in [0.4, 0.5) is 0 Å². The predicted octanol–water partition coefficient (Wildman–Crippen LogP) is 2.03. The third kappa shape index (κ3) is 3.22. The number of pyridine rings is 1. The highest BCUT2D eigenvalue weighted by molar-refractivity contribution is 5.11. The molecule has 6 nitrogen and oxygen atoms in total. The lowest BCUT2D eigenvalue weighted by atomic mass is 9.97. The van der Waals surface area contributed by atoms with Crippen molar-refractivity contribution < 1.29 is 4.52 Å². The first-order valence-corrected chi connectivity index (χ1v) is 8.40. The first kappa shape index (κ1) is 14.6. The molecule has 2 fully saturated rings. The van der Waals surface area contributed by atoms with Crippen LogP contribution in [0.5, 0.6) is 0 Å². The Morgan fingerprint density at radius 1 is 1.30 bits per heavy atom. The fourth-order valence-corrected chi connectivity index (χ4v) is 3.27. The molecule has 1 saturated heterocycles. The highest BCUT2D eigenvalue weighted by Crippen LogP contribution is 2.39. The second-order valence-electron chi connectivity index (χ2n) is 6.82. The number of nitrogens with zero attached hydrogens (tertiary/aromatic N) is 4. The molecular formula is C17H22N4O2. The third-order valence-electron chi connectivity index (χ3n) is 4.83. The fraction of sp³-hybridized carbons (Fsp3) is 0.588. The molecular weight excluding hydrogens is 292 g/mol. The molecule has 1 aliphatic carbocycles. The summed E-state index contributed by atoms with van der Waals surface area (Å²) in [5.41, 5.74) is 1.11. The number of likely N-dealkylation sites (tertiary alicyclic amines) is 1. The Morgan fingerprint density at radius 3 is 2.96 bits per heavy atom. The van der Waals surface area contributed by atoms with Crippen LogP contribution in [0.15, 0.2) is 27.6 Å². The Balaban J connectivity index is 1.43. The number of rotatable bonds is 4. The van der Waals surface area contributed by atoms with E-state index in [4.69, 9.17) is 4.52 Å². The highest BCUT2D eigenvalue weighted by Gasteiger charge is 2.32. The van der Waals surface area contributed by atoms with Crippen LogP contribution in [0.1, 0.15) is 54.8 Å². The van der Waals surface area contributed by atoms with E-state index in [1.54, 1.807) is 17.7 Å². The topological polar surface area (TPSA) is 64.2 Å². The van der Waals surface area contributed by atoms with Gasteiger partial charge in [0, 0.05) is 44.2 Å². The fourth-order valence-electron chi connectivity index (χ4n) is 3.27. The van der Waals surface area contributed by atoms with Crippen molar-refractivity contribution in [1.82, 2.24) is 19.6 Å². The standard InChI is InChI=1S/C17H22N4O2/c1-20-8-6-12(9-15(20)22)10-21-7-2-3-14(11-21)16-18-17(23-19-16)13-4-5-13/h6,8-9,13-14H,2-5,7,10-11H2,1H3/t14-/m0/s1. The predicted molar refractivity (Wildman–Crippen MR) is 85.2 cm³/mol. The van der Waals surface area contributed by atoms with Gasteiger partial charge >= 0.3 is 0 Å². The number of aromatic nitrogens is 3. The molecule has 0 unspecified atom stereocenters. The number of hydrogen-bond donors (Lipinski definition) is 0. The van der Waals surface area contributed by atoms with Gasteiger partial charge in [0.25, 0.3) is 5.56 Å². The van der Waals surface area contributed by atoms with Gasteiger partial charge in [-0.2, -0.15) is 4.98 Å². The summed E-state index contributed by atoms with van der Waals surface area (Å²) in [6.45, 7) is 2.79. The summed E-state index contributed by atoms with van der Waals surface area (Å²) in [4.78, 5) is 18.7. The molecule has 2 aromatic heterocycles. The molecule has 0 radical (unpaired) electrons. The van der Waals surface area contributed by atoms with E-state index in [0.717, 1.165) is 49.8 Å². The van der Waals surface area contributed by atoms with Crippen molar-refractivity contribution in [2.24, 2.45) is 7.05 Å². The molecule has 0 N–H and O–H groups in total. The SMILES string of the molecule is Cn1ccc(CN2CCC[C@H](c3noc(C4CC4)n3)C2)cc1=O. The Labute approximate surface area is 135 Å². The molecule has 0 aromatic carbocycles. The van der Waals surface area contributed by atoms with Crippen LogP contribution < -0.4 is 5.56 Å². The van der Waals surface area contributed by atoms with Crippen LogP contribution >= 0.6 is 0 Å². The van der Waals surface area contributed by atoms with Gasteiger partial charge in [-0.15, -0.1) is 0 Å². The van der Waals surface area contributed by atoms with Crippen molar-refractivity contribution in [3.63, 3.8) is 0 Å². The normalized spacial score (nSPS) is 22.4. The van der Waals surface area contributed by atoms with Gasteiger partial charge in [-0.25, -0.2) is 0 Å². The summed E-state index contributed by atoms with van der Waals surface area (Å²) >= 11 is 0. The highest BCUT2D eigenvalue weighted by atomic mass is 16.5. The Bertz CT molecular complexity index is 747. The van der Waals surface area contributed by atoms with Crippen LogP contribution in [0.25, 0.3) is 0 Å². The zero-order chi connectivity index (χ0) is 15.8. The van der Waals surface area contributed by atoms with Gasteiger partial charge in [0.1, 0.15) is 0 Å². The van der Waals surface area contributed by atoms with Crippen LogP contribution in [0.2, 0.25) is 0 Å². The average molecular weight is 314 g/mol. The summed E-state index contributed by atoms with van der Waals surface area (Å²) in [5.74, 6) is 2.53. The molecule has 0 amide bonds. The van der Waals surface area contributed by atoms with E-state index in [9.17, 15) is 4.79 Å². The Morgan fingerprint density at radius 2 is 2.17 bits per heavy atom. The van der Waals surface area contributed by atoms with E-state index in [2.05, 4.69) is 15.0 Å². The molecule has 1 aliphatic heterocycles. The molecule has 0 bridgehead atoms. The molecule has 4 rings (SSSR count). The van der Waals surface area contributed by atoms with Gasteiger partial charge in [-0.3, -0.25) is 9.69 Å². The van der Waals surface area contributed by atoms with Crippen molar-refractivity contribution in [2.45, 2.75) is 44.1 Å². The molecule has 2 aliphatic rings. The number of hydrogen-bond acceptors (Lipinski definition) is 5.